The van der Waals surface area contributed by atoms with Crippen LogP contribution >= 0.6 is 0 Å². The fraction of sp³-hybridized carbons (Fsp3) is 0.938. The molecule has 0 aromatic heterocycles. The quantitative estimate of drug-likeness (QED) is 0.746. The molecule has 2 fully saturated rings. The summed E-state index contributed by atoms with van der Waals surface area (Å²) >= 11 is 0. The van der Waals surface area contributed by atoms with Crippen molar-refractivity contribution in [3.8, 4) is 0 Å². The Balaban J connectivity index is 1.63. The monoisotopic (exact) mass is 298 g/mol. The number of aliphatic hydroxyl groups excluding tert-OH is 1. The largest absolute Gasteiger partial charge is 0.393 e. The second-order valence-electron chi connectivity index (χ2n) is 6.78. The Morgan fingerprint density at radius 2 is 1.43 bits per heavy atom. The topological polar surface area (TPSA) is 70.6 Å². The van der Waals surface area contributed by atoms with Crippen molar-refractivity contribution in [3.63, 3.8) is 0 Å². The Hall–Kier alpha value is -0.810. The van der Waals surface area contributed by atoms with E-state index < -0.39 is 0 Å². The average Bonchev–Trinajstić information content (AvgIpc) is 2.43. The van der Waals surface area contributed by atoms with Gasteiger partial charge in [-0.2, -0.15) is 0 Å². The fourth-order valence-electron chi connectivity index (χ4n) is 3.36. The van der Waals surface area contributed by atoms with E-state index in [2.05, 4.69) is 24.5 Å². The molecule has 2 saturated carbocycles. The van der Waals surface area contributed by atoms with E-state index in [-0.39, 0.29) is 30.3 Å². The molecule has 0 unspecified atom stereocenters. The Morgan fingerprint density at radius 1 is 0.952 bits per heavy atom. The molecule has 0 aromatic carbocycles. The van der Waals surface area contributed by atoms with Crippen LogP contribution < -0.4 is 10.6 Å². The summed E-state index contributed by atoms with van der Waals surface area (Å²) in [6.07, 6.45) is 7.84. The number of nitrogens with one attached hydrogen (secondary N) is 2. The molecule has 5 heteroatoms. The normalized spacial score (nSPS) is 33.7. The number of ether oxygens (including phenoxy) is 1. The zero-order chi connectivity index (χ0) is 15.2. The summed E-state index contributed by atoms with van der Waals surface area (Å²) in [5, 5.41) is 15.6. The van der Waals surface area contributed by atoms with Gasteiger partial charge >= 0.3 is 6.03 Å². The number of urea groups is 1. The van der Waals surface area contributed by atoms with E-state index in [0.717, 1.165) is 51.4 Å². The number of hydrogen-bond acceptors (Lipinski definition) is 3. The molecule has 2 rings (SSSR count). The summed E-state index contributed by atoms with van der Waals surface area (Å²) in [6.45, 7) is 4.14. The first-order chi connectivity index (χ1) is 10.0. The molecule has 0 spiro atoms. The zero-order valence-corrected chi connectivity index (χ0v) is 13.3. The van der Waals surface area contributed by atoms with Crippen molar-refractivity contribution in [1.82, 2.24) is 10.6 Å². The number of hydrogen-bond donors (Lipinski definition) is 3. The van der Waals surface area contributed by atoms with Gasteiger partial charge in [-0.25, -0.2) is 4.79 Å². The molecule has 2 aliphatic carbocycles. The summed E-state index contributed by atoms with van der Waals surface area (Å²) in [4.78, 5) is 12.0. The van der Waals surface area contributed by atoms with E-state index >= 15 is 0 Å². The molecule has 0 aromatic rings. The Labute approximate surface area is 127 Å². The summed E-state index contributed by atoms with van der Waals surface area (Å²) in [5.41, 5.74) is 0. The molecule has 0 heterocycles. The maximum atomic E-state index is 12.0. The van der Waals surface area contributed by atoms with Gasteiger partial charge in [0.2, 0.25) is 0 Å². The van der Waals surface area contributed by atoms with Crippen LogP contribution in [0.5, 0.6) is 0 Å². The first-order valence-corrected chi connectivity index (χ1v) is 8.43. The standard InChI is InChI=1S/C16H30N2O3/c1-11(2)21-15-9-5-13(6-10-15)18-16(20)17-12-3-7-14(19)8-4-12/h11-15,19H,3-10H2,1-2H3,(H2,17,18,20). The van der Waals surface area contributed by atoms with Gasteiger partial charge in [0.05, 0.1) is 18.3 Å². The van der Waals surface area contributed by atoms with Gasteiger partial charge in [0.15, 0.2) is 0 Å². The Bertz CT molecular complexity index is 319. The number of carbonyl (C=O) groups excluding carboxylic acids is 1. The van der Waals surface area contributed by atoms with Crippen molar-refractivity contribution < 1.29 is 14.6 Å². The molecule has 0 saturated heterocycles. The van der Waals surface area contributed by atoms with Crippen molar-refractivity contribution in [3.05, 3.63) is 0 Å². The molecular weight excluding hydrogens is 268 g/mol. The summed E-state index contributed by atoms with van der Waals surface area (Å²) in [6, 6.07) is 0.435. The van der Waals surface area contributed by atoms with Gasteiger partial charge in [0.25, 0.3) is 0 Å². The van der Waals surface area contributed by atoms with Gasteiger partial charge in [0, 0.05) is 12.1 Å². The SMILES string of the molecule is CC(C)OC1CCC(NC(=O)NC2CCC(O)CC2)CC1. The van der Waals surface area contributed by atoms with E-state index in [4.69, 9.17) is 4.74 Å². The van der Waals surface area contributed by atoms with Crippen LogP contribution in [0, 0.1) is 0 Å². The van der Waals surface area contributed by atoms with Gasteiger partial charge in [-0.1, -0.05) is 0 Å². The fourth-order valence-corrected chi connectivity index (χ4v) is 3.36. The van der Waals surface area contributed by atoms with Crippen LogP contribution in [0.2, 0.25) is 0 Å². The third-order valence-corrected chi connectivity index (χ3v) is 4.51. The minimum Gasteiger partial charge on any atom is -0.393 e. The van der Waals surface area contributed by atoms with Crippen molar-refractivity contribution in [2.75, 3.05) is 0 Å². The molecular formula is C16H30N2O3. The molecule has 0 aliphatic heterocycles. The van der Waals surface area contributed by atoms with Crippen LogP contribution in [-0.4, -0.2) is 41.5 Å². The maximum Gasteiger partial charge on any atom is 0.315 e. The zero-order valence-electron chi connectivity index (χ0n) is 13.3. The number of carbonyl (C=O) groups is 1. The molecule has 122 valence electrons. The van der Waals surface area contributed by atoms with Gasteiger partial charge in [-0.15, -0.1) is 0 Å². The molecule has 21 heavy (non-hydrogen) atoms. The van der Waals surface area contributed by atoms with Gasteiger partial charge in [0.1, 0.15) is 0 Å². The van der Waals surface area contributed by atoms with Crippen LogP contribution in [0.25, 0.3) is 0 Å². The van der Waals surface area contributed by atoms with E-state index in [0.29, 0.717) is 6.10 Å². The lowest BCUT2D eigenvalue weighted by Crippen LogP contribution is -2.48. The predicted molar refractivity (Wildman–Crippen MR) is 82.2 cm³/mol. The van der Waals surface area contributed by atoms with Gasteiger partial charge < -0.3 is 20.5 Å². The van der Waals surface area contributed by atoms with Crippen molar-refractivity contribution in [2.45, 2.75) is 95.6 Å². The van der Waals surface area contributed by atoms with Crippen molar-refractivity contribution >= 4 is 6.03 Å². The predicted octanol–water partition coefficient (Wildman–Crippen LogP) is 2.33. The van der Waals surface area contributed by atoms with Crippen molar-refractivity contribution in [1.29, 1.82) is 0 Å². The summed E-state index contributed by atoms with van der Waals surface area (Å²) < 4.78 is 5.82. The third-order valence-electron chi connectivity index (χ3n) is 4.51. The first kappa shape index (κ1) is 16.6. The third kappa shape index (κ3) is 5.83. The van der Waals surface area contributed by atoms with Crippen LogP contribution in [-0.2, 0) is 4.74 Å². The number of amides is 2. The summed E-state index contributed by atoms with van der Waals surface area (Å²) in [7, 11) is 0. The Kier molecular flexibility index (Phi) is 6.30. The molecule has 2 aliphatic rings. The molecule has 3 N–H and O–H groups in total. The molecule has 0 atom stereocenters. The van der Waals surface area contributed by atoms with Crippen LogP contribution in [0.3, 0.4) is 0 Å². The maximum absolute atomic E-state index is 12.0. The lowest BCUT2D eigenvalue weighted by molar-refractivity contribution is -0.0156. The molecule has 0 bridgehead atoms. The molecule has 2 amide bonds. The minimum atomic E-state index is -0.178. The highest BCUT2D eigenvalue weighted by Gasteiger charge is 2.25. The van der Waals surface area contributed by atoms with Crippen molar-refractivity contribution in [2.24, 2.45) is 0 Å². The lowest BCUT2D eigenvalue weighted by Gasteiger charge is -2.31. The minimum absolute atomic E-state index is 0.0513. The first-order valence-electron chi connectivity index (χ1n) is 8.43. The van der Waals surface area contributed by atoms with Crippen LogP contribution in [0.1, 0.15) is 65.2 Å². The van der Waals surface area contributed by atoms with Crippen LogP contribution in [0.4, 0.5) is 4.79 Å². The van der Waals surface area contributed by atoms with E-state index in [1.165, 1.54) is 0 Å². The smallest absolute Gasteiger partial charge is 0.315 e. The second-order valence-corrected chi connectivity index (χ2v) is 6.78. The highest BCUT2D eigenvalue weighted by atomic mass is 16.5. The average molecular weight is 298 g/mol. The van der Waals surface area contributed by atoms with Crippen LogP contribution in [0.15, 0.2) is 0 Å². The second kappa shape index (κ2) is 7.99. The van der Waals surface area contributed by atoms with E-state index in [1.54, 1.807) is 0 Å². The molecule has 5 nitrogen and oxygen atoms in total. The Morgan fingerprint density at radius 3 is 1.90 bits per heavy atom. The summed E-state index contributed by atoms with van der Waals surface area (Å²) in [5.74, 6) is 0. The highest BCUT2D eigenvalue weighted by Crippen LogP contribution is 2.22. The van der Waals surface area contributed by atoms with Gasteiger partial charge in [-0.05, 0) is 65.2 Å². The van der Waals surface area contributed by atoms with Gasteiger partial charge in [-0.3, -0.25) is 0 Å². The number of aliphatic hydroxyl groups is 1. The van der Waals surface area contributed by atoms with E-state index in [9.17, 15) is 9.90 Å². The highest BCUT2D eigenvalue weighted by molar-refractivity contribution is 5.74. The van der Waals surface area contributed by atoms with E-state index in [1.807, 2.05) is 0 Å². The lowest BCUT2D eigenvalue weighted by atomic mass is 9.92. The molecule has 0 radical (unpaired) electrons. The number of rotatable bonds is 4.